The molecule has 1 N–H and O–H groups in total. The molecule has 0 amide bonds. The zero-order valence-electron chi connectivity index (χ0n) is 7.38. The van der Waals surface area contributed by atoms with Crippen molar-refractivity contribution in [1.29, 1.82) is 0 Å². The van der Waals surface area contributed by atoms with Crippen molar-refractivity contribution in [3.63, 3.8) is 0 Å². The topological polar surface area (TPSA) is 37.5 Å². The highest BCUT2D eigenvalue weighted by Crippen LogP contribution is 2.29. The highest BCUT2D eigenvalue weighted by Gasteiger charge is 2.08. The molecular formula is C11H8N2O. The van der Waals surface area contributed by atoms with Crippen molar-refractivity contribution in [2.45, 2.75) is 0 Å². The predicted molar refractivity (Wildman–Crippen MR) is 54.4 cm³/mol. The molecule has 0 bridgehead atoms. The number of nitrogens with zero attached hydrogens (tertiary/aromatic N) is 2. The molecule has 3 rings (SSSR count). The molecule has 3 heteroatoms. The van der Waals surface area contributed by atoms with E-state index in [0.29, 0.717) is 0 Å². The predicted octanol–water partition coefficient (Wildman–Crippen LogP) is 2.19. The molecule has 0 unspecified atom stereocenters. The van der Waals surface area contributed by atoms with E-state index >= 15 is 0 Å². The lowest BCUT2D eigenvalue weighted by molar-refractivity contribution is 0.454. The van der Waals surface area contributed by atoms with Crippen molar-refractivity contribution >= 4 is 16.4 Å². The first-order chi connectivity index (χ1) is 6.88. The van der Waals surface area contributed by atoms with E-state index in [1.807, 2.05) is 24.3 Å². The Hall–Kier alpha value is -2.03. The molecule has 1 aromatic carbocycles. The zero-order valence-corrected chi connectivity index (χ0v) is 7.38. The summed E-state index contributed by atoms with van der Waals surface area (Å²) in [5.41, 5.74) is 0.792. The average Bonchev–Trinajstić information content (AvgIpc) is 2.55. The summed E-state index contributed by atoms with van der Waals surface area (Å²) in [6.07, 6.45) is 3.53. The van der Waals surface area contributed by atoms with E-state index in [-0.39, 0.29) is 5.88 Å². The van der Waals surface area contributed by atoms with Gasteiger partial charge in [-0.05, 0) is 12.1 Å². The quantitative estimate of drug-likeness (QED) is 0.581. The summed E-state index contributed by atoms with van der Waals surface area (Å²) in [5.74, 6) is 0.253. The molecule has 2 heterocycles. The summed E-state index contributed by atoms with van der Waals surface area (Å²) in [6.45, 7) is 0. The molecule has 2 aromatic heterocycles. The zero-order chi connectivity index (χ0) is 9.54. The highest BCUT2D eigenvalue weighted by atomic mass is 16.3. The van der Waals surface area contributed by atoms with Gasteiger partial charge < -0.3 is 5.11 Å². The number of rotatable bonds is 0. The maximum atomic E-state index is 9.87. The molecule has 0 aliphatic carbocycles. The van der Waals surface area contributed by atoms with Crippen LogP contribution in [-0.4, -0.2) is 14.5 Å². The van der Waals surface area contributed by atoms with Gasteiger partial charge in [0, 0.05) is 23.2 Å². The molecule has 3 nitrogen and oxygen atoms in total. The fraction of sp³-hybridized carbons (Fsp3) is 0. The first-order valence-electron chi connectivity index (χ1n) is 4.40. The van der Waals surface area contributed by atoms with Gasteiger partial charge in [-0.1, -0.05) is 18.2 Å². The number of aromatic hydroxyl groups is 1. The summed E-state index contributed by atoms with van der Waals surface area (Å²) in [5, 5.41) is 11.7. The molecule has 0 saturated carbocycles. The van der Waals surface area contributed by atoms with Crippen LogP contribution in [-0.2, 0) is 0 Å². The van der Waals surface area contributed by atoms with Crippen molar-refractivity contribution in [3.8, 4) is 5.88 Å². The largest absolute Gasteiger partial charge is 0.494 e. The lowest BCUT2D eigenvalue weighted by atomic mass is 10.2. The van der Waals surface area contributed by atoms with Gasteiger partial charge in [-0.3, -0.25) is 4.40 Å². The molecule has 0 aliphatic rings. The minimum atomic E-state index is 0.253. The van der Waals surface area contributed by atoms with Crippen LogP contribution in [0.25, 0.3) is 16.4 Å². The fourth-order valence-corrected chi connectivity index (χ4v) is 1.74. The van der Waals surface area contributed by atoms with Crippen LogP contribution in [0.5, 0.6) is 5.88 Å². The molecule has 0 aliphatic heterocycles. The minimum absolute atomic E-state index is 0.253. The number of hydrogen-bond donors (Lipinski definition) is 1. The fourth-order valence-electron chi connectivity index (χ4n) is 1.74. The third-order valence-electron chi connectivity index (χ3n) is 2.38. The van der Waals surface area contributed by atoms with Crippen molar-refractivity contribution < 1.29 is 5.11 Å². The second-order valence-corrected chi connectivity index (χ2v) is 3.18. The second-order valence-electron chi connectivity index (χ2n) is 3.18. The van der Waals surface area contributed by atoms with Crippen LogP contribution in [0.1, 0.15) is 0 Å². The van der Waals surface area contributed by atoms with Crippen LogP contribution in [0.2, 0.25) is 0 Å². The molecule has 0 atom stereocenters. The highest BCUT2D eigenvalue weighted by molar-refractivity contribution is 5.99. The monoisotopic (exact) mass is 184 g/mol. The molecule has 0 spiro atoms. The Balaban J connectivity index is 2.69. The lowest BCUT2D eigenvalue weighted by Crippen LogP contribution is -1.83. The number of benzene rings is 1. The summed E-state index contributed by atoms with van der Waals surface area (Å²) in [4.78, 5) is 4.23. The Kier molecular flexibility index (Phi) is 1.31. The summed E-state index contributed by atoms with van der Waals surface area (Å²) in [7, 11) is 0. The third-order valence-corrected chi connectivity index (χ3v) is 2.38. The van der Waals surface area contributed by atoms with E-state index < -0.39 is 0 Å². The van der Waals surface area contributed by atoms with Gasteiger partial charge in [0.05, 0.1) is 0 Å². The van der Waals surface area contributed by atoms with Gasteiger partial charge in [0.15, 0.2) is 0 Å². The summed E-state index contributed by atoms with van der Waals surface area (Å²) in [6, 6.07) is 9.49. The van der Waals surface area contributed by atoms with Gasteiger partial charge in [0.2, 0.25) is 5.88 Å². The van der Waals surface area contributed by atoms with E-state index in [1.165, 1.54) is 0 Å². The van der Waals surface area contributed by atoms with Gasteiger partial charge in [-0.25, -0.2) is 4.98 Å². The standard InChI is InChI=1S/C11H8N2O/c14-11-9-5-2-1-4-8(9)10-12-6-3-7-13(10)11/h1-7,14H. The van der Waals surface area contributed by atoms with Crippen LogP contribution in [0.4, 0.5) is 0 Å². The Bertz CT molecular complexity index is 560. The molecule has 0 saturated heterocycles. The molecule has 0 fully saturated rings. The molecule has 3 aromatic rings. The van der Waals surface area contributed by atoms with E-state index in [4.69, 9.17) is 0 Å². The van der Waals surface area contributed by atoms with Crippen LogP contribution < -0.4 is 0 Å². The van der Waals surface area contributed by atoms with E-state index in [2.05, 4.69) is 4.98 Å². The van der Waals surface area contributed by atoms with Crippen molar-refractivity contribution in [3.05, 3.63) is 42.7 Å². The van der Waals surface area contributed by atoms with Gasteiger partial charge in [-0.15, -0.1) is 0 Å². The van der Waals surface area contributed by atoms with E-state index in [0.717, 1.165) is 16.4 Å². The molecule has 68 valence electrons. The number of fused-ring (bicyclic) bond motifs is 3. The molecule has 0 radical (unpaired) electrons. The van der Waals surface area contributed by atoms with Gasteiger partial charge in [-0.2, -0.15) is 0 Å². The van der Waals surface area contributed by atoms with Crippen LogP contribution in [0.3, 0.4) is 0 Å². The van der Waals surface area contributed by atoms with Gasteiger partial charge >= 0.3 is 0 Å². The normalized spacial score (nSPS) is 11.1. The van der Waals surface area contributed by atoms with E-state index in [9.17, 15) is 5.11 Å². The molecular weight excluding hydrogens is 176 g/mol. The third kappa shape index (κ3) is 0.785. The first-order valence-corrected chi connectivity index (χ1v) is 4.40. The maximum absolute atomic E-state index is 9.87. The van der Waals surface area contributed by atoms with Crippen LogP contribution >= 0.6 is 0 Å². The number of hydrogen-bond acceptors (Lipinski definition) is 2. The summed E-state index contributed by atoms with van der Waals surface area (Å²) >= 11 is 0. The summed E-state index contributed by atoms with van der Waals surface area (Å²) < 4.78 is 1.69. The van der Waals surface area contributed by atoms with Crippen LogP contribution in [0, 0.1) is 0 Å². The molecule has 14 heavy (non-hydrogen) atoms. The van der Waals surface area contributed by atoms with Gasteiger partial charge in [0.25, 0.3) is 0 Å². The van der Waals surface area contributed by atoms with Crippen molar-refractivity contribution in [1.82, 2.24) is 9.38 Å². The maximum Gasteiger partial charge on any atom is 0.205 e. The minimum Gasteiger partial charge on any atom is -0.494 e. The smallest absolute Gasteiger partial charge is 0.205 e. The van der Waals surface area contributed by atoms with E-state index in [1.54, 1.807) is 22.9 Å². The van der Waals surface area contributed by atoms with Crippen molar-refractivity contribution in [2.24, 2.45) is 0 Å². The second kappa shape index (κ2) is 2.48. The Labute approximate surface area is 80.2 Å². The Morgan fingerprint density at radius 1 is 1.07 bits per heavy atom. The Morgan fingerprint density at radius 3 is 2.71 bits per heavy atom. The van der Waals surface area contributed by atoms with Gasteiger partial charge in [0.1, 0.15) is 5.65 Å². The number of aromatic nitrogens is 2. The lowest BCUT2D eigenvalue weighted by Gasteiger charge is -1.92. The van der Waals surface area contributed by atoms with Crippen molar-refractivity contribution in [2.75, 3.05) is 0 Å². The average molecular weight is 184 g/mol. The Morgan fingerprint density at radius 2 is 1.86 bits per heavy atom. The van der Waals surface area contributed by atoms with Crippen LogP contribution in [0.15, 0.2) is 42.7 Å². The first kappa shape index (κ1) is 7.38. The SMILES string of the molecule is Oc1c2ccccc2c2ncccn12.